The number of hydrogen-bond donors (Lipinski definition) is 3. The van der Waals surface area contributed by atoms with Crippen molar-refractivity contribution in [3.63, 3.8) is 0 Å². The molecule has 10 heteroatoms. The molecule has 0 aliphatic heterocycles. The van der Waals surface area contributed by atoms with Gasteiger partial charge in [0.1, 0.15) is 0 Å². The first-order valence-electron chi connectivity index (χ1n) is 8.87. The van der Waals surface area contributed by atoms with Crippen molar-refractivity contribution < 1.29 is 28.9 Å². The van der Waals surface area contributed by atoms with Crippen molar-refractivity contribution in [1.82, 2.24) is 10.7 Å². The number of nitrogens with zero attached hydrogens (tertiary/aromatic N) is 1. The highest BCUT2D eigenvalue weighted by Crippen LogP contribution is 2.34. The second-order valence-electron chi connectivity index (χ2n) is 5.83. The van der Waals surface area contributed by atoms with Crippen LogP contribution in [-0.2, 0) is 4.79 Å². The summed E-state index contributed by atoms with van der Waals surface area (Å²) in [5.41, 5.74) is 3.11. The van der Waals surface area contributed by atoms with Crippen LogP contribution in [0.25, 0.3) is 0 Å². The summed E-state index contributed by atoms with van der Waals surface area (Å²) in [7, 11) is 2.95. The Morgan fingerprint density at radius 2 is 1.87 bits per heavy atom. The van der Waals surface area contributed by atoms with Gasteiger partial charge in [-0.1, -0.05) is 11.6 Å². The maximum atomic E-state index is 12.2. The Bertz CT molecular complexity index is 948. The molecule has 2 amide bonds. The average molecular weight is 436 g/mol. The van der Waals surface area contributed by atoms with E-state index < -0.39 is 11.8 Å². The van der Waals surface area contributed by atoms with Gasteiger partial charge in [0.15, 0.2) is 23.0 Å². The van der Waals surface area contributed by atoms with Crippen LogP contribution < -0.4 is 25.0 Å². The fourth-order valence-electron chi connectivity index (χ4n) is 2.39. The molecule has 0 radical (unpaired) electrons. The molecule has 0 aliphatic rings. The van der Waals surface area contributed by atoms with Gasteiger partial charge < -0.3 is 24.6 Å². The molecule has 160 valence electrons. The molecule has 0 saturated carbocycles. The lowest BCUT2D eigenvalue weighted by atomic mass is 10.2. The van der Waals surface area contributed by atoms with E-state index in [1.165, 1.54) is 38.6 Å². The normalized spacial score (nSPS) is 10.5. The van der Waals surface area contributed by atoms with E-state index in [9.17, 15) is 14.7 Å². The second-order valence-corrected chi connectivity index (χ2v) is 6.24. The molecule has 3 N–H and O–H groups in total. The summed E-state index contributed by atoms with van der Waals surface area (Å²) >= 11 is 5.94. The van der Waals surface area contributed by atoms with E-state index in [2.05, 4.69) is 15.8 Å². The van der Waals surface area contributed by atoms with Gasteiger partial charge in [0.05, 0.1) is 38.6 Å². The molecule has 2 aromatic rings. The van der Waals surface area contributed by atoms with Gasteiger partial charge in [-0.3, -0.25) is 9.59 Å². The lowest BCUT2D eigenvalue weighted by Crippen LogP contribution is -2.34. The molecule has 9 nitrogen and oxygen atoms in total. The number of phenols is 1. The van der Waals surface area contributed by atoms with Crippen LogP contribution in [0.1, 0.15) is 22.8 Å². The Morgan fingerprint density at radius 1 is 1.13 bits per heavy atom. The monoisotopic (exact) mass is 435 g/mol. The van der Waals surface area contributed by atoms with Crippen molar-refractivity contribution in [3.8, 4) is 23.0 Å². The number of methoxy groups -OCH3 is 2. The molecule has 0 unspecified atom stereocenters. The third kappa shape index (κ3) is 6.02. The maximum absolute atomic E-state index is 12.2. The van der Waals surface area contributed by atoms with Crippen molar-refractivity contribution in [2.45, 2.75) is 6.92 Å². The average Bonchev–Trinajstić information content (AvgIpc) is 2.75. The molecule has 0 bridgehead atoms. The highest BCUT2D eigenvalue weighted by molar-refractivity contribution is 6.32. The number of phenolic OH excluding ortho intramolecular Hbond substituents is 1. The van der Waals surface area contributed by atoms with Crippen molar-refractivity contribution in [1.29, 1.82) is 0 Å². The topological polar surface area (TPSA) is 118 Å². The molecule has 2 aromatic carbocycles. The summed E-state index contributed by atoms with van der Waals surface area (Å²) < 4.78 is 15.5. The minimum absolute atomic E-state index is 0.0934. The summed E-state index contributed by atoms with van der Waals surface area (Å²) in [5, 5.41) is 16.2. The van der Waals surface area contributed by atoms with Gasteiger partial charge in [0, 0.05) is 5.56 Å². The number of carbonyl (C=O) groups is 2. The number of ether oxygens (including phenoxy) is 3. The Balaban J connectivity index is 1.91. The zero-order valence-electron chi connectivity index (χ0n) is 16.7. The minimum Gasteiger partial charge on any atom is -0.503 e. The van der Waals surface area contributed by atoms with Gasteiger partial charge in [0.25, 0.3) is 11.8 Å². The summed E-state index contributed by atoms with van der Waals surface area (Å²) in [5.74, 6) is -0.0598. The third-order valence-electron chi connectivity index (χ3n) is 3.81. The molecule has 30 heavy (non-hydrogen) atoms. The first-order chi connectivity index (χ1) is 14.4. The van der Waals surface area contributed by atoms with Crippen molar-refractivity contribution in [3.05, 3.63) is 46.5 Å². The van der Waals surface area contributed by atoms with Gasteiger partial charge >= 0.3 is 0 Å². The van der Waals surface area contributed by atoms with Crippen LogP contribution in [0.3, 0.4) is 0 Å². The molecule has 0 aromatic heterocycles. The number of hydrazone groups is 1. The van der Waals surface area contributed by atoms with E-state index in [1.807, 2.05) is 0 Å². The molecule has 0 heterocycles. The molecule has 0 fully saturated rings. The molecule has 0 aliphatic carbocycles. The van der Waals surface area contributed by atoms with E-state index in [0.717, 1.165) is 0 Å². The highest BCUT2D eigenvalue weighted by atomic mass is 35.5. The van der Waals surface area contributed by atoms with Gasteiger partial charge in [-0.25, -0.2) is 5.43 Å². The fourth-order valence-corrected chi connectivity index (χ4v) is 2.61. The Kier molecular flexibility index (Phi) is 8.30. The van der Waals surface area contributed by atoms with E-state index >= 15 is 0 Å². The lowest BCUT2D eigenvalue weighted by molar-refractivity contribution is -0.120. The first kappa shape index (κ1) is 22.8. The number of nitrogens with one attached hydrogen (secondary N) is 2. The summed E-state index contributed by atoms with van der Waals surface area (Å²) in [6.07, 6.45) is 1.34. The first-order valence-corrected chi connectivity index (χ1v) is 9.24. The van der Waals surface area contributed by atoms with Crippen LogP contribution >= 0.6 is 11.6 Å². The number of rotatable bonds is 9. The summed E-state index contributed by atoms with van der Waals surface area (Å²) in [4.78, 5) is 24.1. The van der Waals surface area contributed by atoms with Gasteiger partial charge in [0.2, 0.25) is 0 Å². The number of aromatic hydroxyl groups is 1. The van der Waals surface area contributed by atoms with Gasteiger partial charge in [-0.15, -0.1) is 0 Å². The van der Waals surface area contributed by atoms with Crippen LogP contribution in [-0.4, -0.2) is 50.5 Å². The van der Waals surface area contributed by atoms with Crippen LogP contribution in [0.2, 0.25) is 5.02 Å². The molecule has 0 saturated heterocycles. The molecular weight excluding hydrogens is 414 g/mol. The fraction of sp³-hybridized carbons (Fsp3) is 0.250. The number of benzene rings is 2. The standard InChI is InChI=1S/C20H22ClN3O6/c1-4-30-17-8-12(7-14(21)19(17)26)10-23-24-18(25)11-22-20(27)13-5-6-15(28-2)16(9-13)29-3/h5-10,26H,4,11H2,1-3H3,(H,22,27)(H,24,25). The SMILES string of the molecule is CCOc1cc(C=NNC(=O)CNC(=O)c2ccc(OC)c(OC)c2)cc(Cl)c1O. The third-order valence-corrected chi connectivity index (χ3v) is 4.10. The summed E-state index contributed by atoms with van der Waals surface area (Å²) in [6, 6.07) is 7.65. The van der Waals surface area contributed by atoms with E-state index in [0.29, 0.717) is 29.2 Å². The number of hydrogen-bond acceptors (Lipinski definition) is 7. The Labute approximate surface area is 178 Å². The van der Waals surface area contributed by atoms with Crippen LogP contribution in [0, 0.1) is 0 Å². The predicted molar refractivity (Wildman–Crippen MR) is 112 cm³/mol. The van der Waals surface area contributed by atoms with Gasteiger partial charge in [-0.05, 0) is 42.8 Å². The Morgan fingerprint density at radius 3 is 2.53 bits per heavy atom. The number of halogens is 1. The van der Waals surface area contributed by atoms with Crippen LogP contribution in [0.5, 0.6) is 23.0 Å². The zero-order chi connectivity index (χ0) is 22.1. The van der Waals surface area contributed by atoms with E-state index in [4.69, 9.17) is 25.8 Å². The van der Waals surface area contributed by atoms with Crippen molar-refractivity contribution >= 4 is 29.6 Å². The van der Waals surface area contributed by atoms with Crippen molar-refractivity contribution in [2.24, 2.45) is 5.10 Å². The lowest BCUT2D eigenvalue weighted by Gasteiger charge is -2.09. The smallest absolute Gasteiger partial charge is 0.259 e. The predicted octanol–water partition coefficient (Wildman–Crippen LogP) is 2.34. The quantitative estimate of drug-likeness (QED) is 0.411. The van der Waals surface area contributed by atoms with Crippen LogP contribution in [0.15, 0.2) is 35.4 Å². The highest BCUT2D eigenvalue weighted by Gasteiger charge is 2.12. The van der Waals surface area contributed by atoms with Crippen LogP contribution in [0.4, 0.5) is 0 Å². The van der Waals surface area contributed by atoms with E-state index in [-0.39, 0.29) is 23.1 Å². The number of amides is 2. The molecule has 0 atom stereocenters. The second kappa shape index (κ2) is 10.9. The summed E-state index contributed by atoms with van der Waals surface area (Å²) in [6.45, 7) is 1.83. The Hall–Kier alpha value is -3.46. The maximum Gasteiger partial charge on any atom is 0.259 e. The zero-order valence-corrected chi connectivity index (χ0v) is 17.4. The van der Waals surface area contributed by atoms with Crippen molar-refractivity contribution in [2.75, 3.05) is 27.4 Å². The van der Waals surface area contributed by atoms with Gasteiger partial charge in [-0.2, -0.15) is 5.10 Å². The molecule has 0 spiro atoms. The largest absolute Gasteiger partial charge is 0.503 e. The number of carbonyl (C=O) groups excluding carboxylic acids is 2. The van der Waals surface area contributed by atoms with E-state index in [1.54, 1.807) is 19.1 Å². The molecular formula is C20H22ClN3O6. The minimum atomic E-state index is -0.532. The molecule has 2 rings (SSSR count).